The lowest BCUT2D eigenvalue weighted by molar-refractivity contribution is -0.126. The summed E-state index contributed by atoms with van der Waals surface area (Å²) < 4.78 is 0. The van der Waals surface area contributed by atoms with Crippen molar-refractivity contribution in [3.05, 3.63) is 59.4 Å². The van der Waals surface area contributed by atoms with Gasteiger partial charge in [-0.15, -0.1) is 0 Å². The summed E-state index contributed by atoms with van der Waals surface area (Å²) >= 11 is 0. The molecule has 1 heterocycles. The van der Waals surface area contributed by atoms with Crippen LogP contribution in [0, 0.1) is 12.8 Å². The Morgan fingerprint density at radius 2 is 1.79 bits per heavy atom. The average molecular weight is 448 g/mol. The molecule has 174 valence electrons. The number of aliphatic hydroxyl groups excluding tert-OH is 1. The van der Waals surface area contributed by atoms with Crippen LogP contribution in [-0.2, 0) is 4.79 Å². The third-order valence-electron chi connectivity index (χ3n) is 6.95. The minimum Gasteiger partial charge on any atom is -0.393 e. The van der Waals surface area contributed by atoms with E-state index in [1.807, 2.05) is 6.07 Å². The van der Waals surface area contributed by atoms with Gasteiger partial charge in [0.1, 0.15) is 5.69 Å². The van der Waals surface area contributed by atoms with Crippen molar-refractivity contribution in [2.75, 3.05) is 7.05 Å². The fourth-order valence-electron chi connectivity index (χ4n) is 4.89. The van der Waals surface area contributed by atoms with Crippen molar-refractivity contribution in [2.45, 2.75) is 64.0 Å². The average Bonchev–Trinajstić information content (AvgIpc) is 2.85. The zero-order chi connectivity index (χ0) is 23.4. The quantitative estimate of drug-likeness (QED) is 0.646. The Labute approximate surface area is 195 Å². The molecule has 1 fully saturated rings. The highest BCUT2D eigenvalue weighted by atomic mass is 16.3. The molecule has 0 saturated heterocycles. The number of pyridine rings is 1. The van der Waals surface area contributed by atoms with Crippen LogP contribution in [0.5, 0.6) is 0 Å². The summed E-state index contributed by atoms with van der Waals surface area (Å²) in [6.45, 7) is 2.11. The predicted molar refractivity (Wildman–Crippen MR) is 130 cm³/mol. The number of allylic oxidation sites excluding steroid dienone is 2. The van der Waals surface area contributed by atoms with Gasteiger partial charge >= 0.3 is 0 Å². The number of carbonyl (C=O) groups is 2. The SMILES string of the molecule is CNC(=O)c1ccc(-c2ccc(C3=CCC(C(=O)NC4CCC(O)CC4)CC3)c(C)c2)cn1. The summed E-state index contributed by atoms with van der Waals surface area (Å²) in [4.78, 5) is 28.7. The first-order valence-electron chi connectivity index (χ1n) is 11.9. The Morgan fingerprint density at radius 3 is 2.39 bits per heavy atom. The second kappa shape index (κ2) is 10.3. The maximum Gasteiger partial charge on any atom is 0.269 e. The largest absolute Gasteiger partial charge is 0.393 e. The summed E-state index contributed by atoms with van der Waals surface area (Å²) in [5.41, 5.74) is 6.17. The molecule has 3 N–H and O–H groups in total. The molecule has 6 nitrogen and oxygen atoms in total. The van der Waals surface area contributed by atoms with E-state index in [0.717, 1.165) is 56.1 Å². The molecule has 2 aromatic rings. The monoisotopic (exact) mass is 447 g/mol. The van der Waals surface area contributed by atoms with Gasteiger partial charge in [0.05, 0.1) is 6.10 Å². The van der Waals surface area contributed by atoms with Crippen LogP contribution in [0.2, 0.25) is 0 Å². The van der Waals surface area contributed by atoms with Crippen LogP contribution in [-0.4, -0.2) is 41.1 Å². The van der Waals surface area contributed by atoms with Crippen molar-refractivity contribution in [1.29, 1.82) is 0 Å². The Bertz CT molecular complexity index is 1040. The molecule has 1 aromatic carbocycles. The topological polar surface area (TPSA) is 91.3 Å². The van der Waals surface area contributed by atoms with Crippen LogP contribution in [0.4, 0.5) is 0 Å². The maximum absolute atomic E-state index is 12.7. The fraction of sp³-hybridized carbons (Fsp3) is 0.444. The number of hydrogen-bond donors (Lipinski definition) is 3. The molecule has 2 aliphatic carbocycles. The van der Waals surface area contributed by atoms with Gasteiger partial charge in [-0.2, -0.15) is 0 Å². The van der Waals surface area contributed by atoms with Crippen molar-refractivity contribution in [2.24, 2.45) is 5.92 Å². The number of carbonyl (C=O) groups excluding carboxylic acids is 2. The van der Waals surface area contributed by atoms with Crippen LogP contribution < -0.4 is 10.6 Å². The Balaban J connectivity index is 1.39. The maximum atomic E-state index is 12.7. The molecule has 0 spiro atoms. The van der Waals surface area contributed by atoms with E-state index in [1.54, 1.807) is 19.3 Å². The molecule has 1 aromatic heterocycles. The summed E-state index contributed by atoms with van der Waals surface area (Å²) in [5.74, 6) is -0.00149. The summed E-state index contributed by atoms with van der Waals surface area (Å²) in [7, 11) is 1.59. The standard InChI is InChI=1S/C27H33N3O3/c1-17-15-20(21-8-14-25(29-16-21)27(33)28-2)7-13-24(17)18-3-5-19(6-4-18)26(32)30-22-9-11-23(31)12-10-22/h3,7-8,13-16,19,22-23,31H,4-6,9-12H2,1-2H3,(H,28,33)(H,30,32). The van der Waals surface area contributed by atoms with Gasteiger partial charge in [-0.25, -0.2) is 0 Å². The Kier molecular flexibility index (Phi) is 7.23. The molecule has 6 heteroatoms. The van der Waals surface area contributed by atoms with Gasteiger partial charge in [-0.3, -0.25) is 14.6 Å². The second-order valence-electron chi connectivity index (χ2n) is 9.26. The van der Waals surface area contributed by atoms with E-state index in [1.165, 1.54) is 16.7 Å². The lowest BCUT2D eigenvalue weighted by Crippen LogP contribution is -2.41. The molecule has 4 rings (SSSR count). The Morgan fingerprint density at radius 1 is 1.03 bits per heavy atom. The van der Waals surface area contributed by atoms with E-state index >= 15 is 0 Å². The van der Waals surface area contributed by atoms with Crippen molar-refractivity contribution < 1.29 is 14.7 Å². The van der Waals surface area contributed by atoms with Crippen LogP contribution in [0.3, 0.4) is 0 Å². The van der Waals surface area contributed by atoms with Crippen LogP contribution >= 0.6 is 0 Å². The van der Waals surface area contributed by atoms with Crippen molar-refractivity contribution >= 4 is 17.4 Å². The molecular formula is C27H33N3O3. The predicted octanol–water partition coefficient (Wildman–Crippen LogP) is 4.02. The lowest BCUT2D eigenvalue weighted by atomic mass is 9.84. The van der Waals surface area contributed by atoms with Crippen LogP contribution in [0.1, 0.15) is 66.6 Å². The molecule has 1 saturated carbocycles. The van der Waals surface area contributed by atoms with Gasteiger partial charge in [0, 0.05) is 30.8 Å². The number of nitrogens with one attached hydrogen (secondary N) is 2. The lowest BCUT2D eigenvalue weighted by Gasteiger charge is -2.29. The zero-order valence-corrected chi connectivity index (χ0v) is 19.4. The minimum atomic E-state index is -0.203. The van der Waals surface area contributed by atoms with Gasteiger partial charge in [0.25, 0.3) is 5.91 Å². The first-order valence-corrected chi connectivity index (χ1v) is 11.9. The number of amides is 2. The van der Waals surface area contributed by atoms with E-state index in [2.05, 4.69) is 46.8 Å². The summed E-state index contributed by atoms with van der Waals surface area (Å²) in [5, 5.41) is 15.4. The normalized spacial score (nSPS) is 22.9. The van der Waals surface area contributed by atoms with Crippen LogP contribution in [0.15, 0.2) is 42.6 Å². The van der Waals surface area contributed by atoms with E-state index in [-0.39, 0.29) is 29.9 Å². The zero-order valence-electron chi connectivity index (χ0n) is 19.4. The van der Waals surface area contributed by atoms with E-state index in [4.69, 9.17) is 0 Å². The molecular weight excluding hydrogens is 414 g/mol. The van der Waals surface area contributed by atoms with E-state index < -0.39 is 0 Å². The first-order chi connectivity index (χ1) is 15.9. The number of hydrogen-bond acceptors (Lipinski definition) is 4. The smallest absolute Gasteiger partial charge is 0.269 e. The molecule has 2 amide bonds. The summed E-state index contributed by atoms with van der Waals surface area (Å²) in [6.07, 6.45) is 9.58. The number of benzene rings is 1. The third kappa shape index (κ3) is 5.50. The molecule has 1 atom stereocenters. The number of aromatic nitrogens is 1. The van der Waals surface area contributed by atoms with E-state index in [0.29, 0.717) is 5.69 Å². The van der Waals surface area contributed by atoms with Crippen LogP contribution in [0.25, 0.3) is 16.7 Å². The van der Waals surface area contributed by atoms with Crippen molar-refractivity contribution in [3.63, 3.8) is 0 Å². The number of aliphatic hydroxyl groups is 1. The molecule has 1 unspecified atom stereocenters. The highest BCUT2D eigenvalue weighted by molar-refractivity contribution is 5.92. The van der Waals surface area contributed by atoms with Gasteiger partial charge in [0.15, 0.2) is 0 Å². The number of nitrogens with zero attached hydrogens (tertiary/aromatic N) is 1. The highest BCUT2D eigenvalue weighted by Gasteiger charge is 2.26. The number of aryl methyl sites for hydroxylation is 1. The molecule has 33 heavy (non-hydrogen) atoms. The minimum absolute atomic E-state index is 0.0325. The highest BCUT2D eigenvalue weighted by Crippen LogP contribution is 2.34. The van der Waals surface area contributed by atoms with E-state index in [9.17, 15) is 14.7 Å². The van der Waals surface area contributed by atoms with Gasteiger partial charge < -0.3 is 15.7 Å². The molecule has 2 aliphatic rings. The van der Waals surface area contributed by atoms with Crippen molar-refractivity contribution in [1.82, 2.24) is 15.6 Å². The Hall–Kier alpha value is -2.99. The van der Waals surface area contributed by atoms with Gasteiger partial charge in [-0.1, -0.05) is 30.3 Å². The second-order valence-corrected chi connectivity index (χ2v) is 9.26. The first kappa shape index (κ1) is 23.2. The van der Waals surface area contributed by atoms with Crippen molar-refractivity contribution in [3.8, 4) is 11.1 Å². The third-order valence-corrected chi connectivity index (χ3v) is 6.95. The van der Waals surface area contributed by atoms with Gasteiger partial charge in [-0.05, 0) is 80.2 Å². The molecule has 0 bridgehead atoms. The summed E-state index contributed by atoms with van der Waals surface area (Å²) in [6, 6.07) is 10.3. The van der Waals surface area contributed by atoms with Gasteiger partial charge in [0.2, 0.25) is 5.91 Å². The fourth-order valence-corrected chi connectivity index (χ4v) is 4.89. The number of rotatable bonds is 5. The molecule has 0 aliphatic heterocycles. The molecule has 0 radical (unpaired) electrons.